The predicted octanol–water partition coefficient (Wildman–Crippen LogP) is 3.87. The van der Waals surface area contributed by atoms with Gasteiger partial charge in [0, 0.05) is 30.1 Å². The maximum absolute atomic E-state index is 12.4. The van der Waals surface area contributed by atoms with Crippen molar-refractivity contribution in [3.05, 3.63) is 33.9 Å². The van der Waals surface area contributed by atoms with Crippen LogP contribution < -0.4 is 22.1 Å². The number of carbonyl (C=O) groups excluding carboxylic acids is 1. The number of rotatable bonds is 3. The Labute approximate surface area is 192 Å². The van der Waals surface area contributed by atoms with E-state index < -0.39 is 5.91 Å². The van der Waals surface area contributed by atoms with Crippen molar-refractivity contribution in [2.24, 2.45) is 22.8 Å². The molecule has 7 nitrogen and oxygen atoms in total. The number of halogens is 2. The van der Waals surface area contributed by atoms with Crippen molar-refractivity contribution in [1.82, 2.24) is 9.97 Å². The number of primary amides is 1. The average molecular weight is 463 g/mol. The summed E-state index contributed by atoms with van der Waals surface area (Å²) in [6.07, 6.45) is 5.69. The number of hydrogen-bond donors (Lipinski definition) is 3. The third-order valence-electron chi connectivity index (χ3n) is 6.80. The van der Waals surface area contributed by atoms with E-state index in [9.17, 15) is 4.79 Å². The molecular weight excluding hydrogens is 435 g/mol. The zero-order valence-electron chi connectivity index (χ0n) is 17.6. The molecule has 4 rings (SSSR count). The van der Waals surface area contributed by atoms with E-state index in [1.54, 1.807) is 18.2 Å². The van der Waals surface area contributed by atoms with Gasteiger partial charge in [0.2, 0.25) is 5.95 Å². The monoisotopic (exact) mass is 462 g/mol. The van der Waals surface area contributed by atoms with E-state index in [2.05, 4.69) is 21.8 Å². The van der Waals surface area contributed by atoms with Crippen molar-refractivity contribution in [1.29, 1.82) is 0 Å². The van der Waals surface area contributed by atoms with Crippen molar-refractivity contribution in [2.75, 3.05) is 23.7 Å². The molecule has 1 aromatic carbocycles. The number of carbonyl (C=O) groups is 1. The SMILES string of the molecule is C[C@@]12CCCCCC(CN(c3nc(N)c(-c4cccc(Cl)c4Cl)c(C(N)=O)n3)C1)[C@H]2N. The molecule has 1 unspecified atom stereocenters. The Morgan fingerprint density at radius 1 is 1.23 bits per heavy atom. The number of nitrogen functional groups attached to an aromatic ring is 1. The third-order valence-corrected chi connectivity index (χ3v) is 7.62. The van der Waals surface area contributed by atoms with Gasteiger partial charge in [-0.05, 0) is 24.8 Å². The smallest absolute Gasteiger partial charge is 0.268 e. The molecule has 1 aromatic heterocycles. The Morgan fingerprint density at radius 2 is 2.00 bits per heavy atom. The van der Waals surface area contributed by atoms with Gasteiger partial charge in [-0.25, -0.2) is 4.98 Å². The fraction of sp³-hybridized carbons (Fsp3) is 0.500. The van der Waals surface area contributed by atoms with Crippen LogP contribution in [0, 0.1) is 11.3 Å². The van der Waals surface area contributed by atoms with Gasteiger partial charge in [0.25, 0.3) is 5.91 Å². The van der Waals surface area contributed by atoms with Gasteiger partial charge in [-0.15, -0.1) is 0 Å². The molecule has 1 saturated heterocycles. The summed E-state index contributed by atoms with van der Waals surface area (Å²) < 4.78 is 0. The van der Waals surface area contributed by atoms with Gasteiger partial charge < -0.3 is 22.1 Å². The maximum atomic E-state index is 12.4. The van der Waals surface area contributed by atoms with E-state index in [1.165, 1.54) is 12.8 Å². The predicted molar refractivity (Wildman–Crippen MR) is 125 cm³/mol. The highest BCUT2D eigenvalue weighted by atomic mass is 35.5. The molecular formula is C22H28Cl2N6O. The molecule has 2 bridgehead atoms. The second kappa shape index (κ2) is 8.45. The first kappa shape index (κ1) is 22.1. The number of benzene rings is 1. The molecule has 166 valence electrons. The van der Waals surface area contributed by atoms with Crippen molar-refractivity contribution >= 4 is 40.9 Å². The van der Waals surface area contributed by atoms with Crippen LogP contribution in [-0.2, 0) is 0 Å². The van der Waals surface area contributed by atoms with Crippen LogP contribution >= 0.6 is 23.2 Å². The first-order valence-electron chi connectivity index (χ1n) is 10.6. The van der Waals surface area contributed by atoms with E-state index >= 15 is 0 Å². The van der Waals surface area contributed by atoms with Gasteiger partial charge in [-0.3, -0.25) is 4.79 Å². The number of nitrogens with two attached hydrogens (primary N) is 3. The third kappa shape index (κ3) is 4.06. The highest BCUT2D eigenvalue weighted by molar-refractivity contribution is 6.44. The van der Waals surface area contributed by atoms with E-state index in [-0.39, 0.29) is 28.0 Å². The molecule has 0 radical (unpaired) electrons. The summed E-state index contributed by atoms with van der Waals surface area (Å²) in [4.78, 5) is 23.6. The van der Waals surface area contributed by atoms with Crippen molar-refractivity contribution in [2.45, 2.75) is 45.1 Å². The summed E-state index contributed by atoms with van der Waals surface area (Å²) in [5.74, 6) is 0.179. The van der Waals surface area contributed by atoms with Crippen LogP contribution in [0.15, 0.2) is 18.2 Å². The van der Waals surface area contributed by atoms with Gasteiger partial charge >= 0.3 is 0 Å². The zero-order chi connectivity index (χ0) is 22.3. The lowest BCUT2D eigenvalue weighted by atomic mass is 9.67. The molecule has 2 aromatic rings. The molecule has 1 aliphatic carbocycles. The van der Waals surface area contributed by atoms with Crippen LogP contribution in [0.2, 0.25) is 10.0 Å². The Morgan fingerprint density at radius 3 is 2.74 bits per heavy atom. The number of hydrogen-bond acceptors (Lipinski definition) is 6. The second-order valence-corrected chi connectivity index (χ2v) is 9.80. The summed E-state index contributed by atoms with van der Waals surface area (Å²) in [7, 11) is 0. The van der Waals surface area contributed by atoms with E-state index in [1.807, 2.05) is 0 Å². The first-order valence-corrected chi connectivity index (χ1v) is 11.4. The molecule has 3 atom stereocenters. The van der Waals surface area contributed by atoms with Gasteiger partial charge in [0.1, 0.15) is 11.5 Å². The molecule has 1 aliphatic heterocycles. The molecule has 6 N–H and O–H groups in total. The molecule has 1 saturated carbocycles. The van der Waals surface area contributed by atoms with Gasteiger partial charge in [0.05, 0.1) is 15.6 Å². The van der Waals surface area contributed by atoms with E-state index in [0.29, 0.717) is 34.6 Å². The second-order valence-electron chi connectivity index (χ2n) is 9.02. The largest absolute Gasteiger partial charge is 0.383 e. The summed E-state index contributed by atoms with van der Waals surface area (Å²) >= 11 is 12.5. The van der Waals surface area contributed by atoms with Gasteiger partial charge in [-0.1, -0.05) is 61.5 Å². The lowest BCUT2D eigenvalue weighted by Gasteiger charge is -2.50. The van der Waals surface area contributed by atoms with Crippen LogP contribution in [0.4, 0.5) is 11.8 Å². The lowest BCUT2D eigenvalue weighted by Crippen LogP contribution is -2.60. The Kier molecular flexibility index (Phi) is 6.03. The molecule has 2 heterocycles. The number of nitrogens with zero attached hydrogens (tertiary/aromatic N) is 3. The minimum atomic E-state index is -0.699. The fourth-order valence-electron chi connectivity index (χ4n) is 5.10. The lowest BCUT2D eigenvalue weighted by molar-refractivity contribution is 0.0995. The number of fused-ring (bicyclic) bond motifs is 2. The average Bonchev–Trinajstić information content (AvgIpc) is 2.72. The Hall–Kier alpha value is -2.09. The van der Waals surface area contributed by atoms with Crippen molar-refractivity contribution in [3.63, 3.8) is 0 Å². The maximum Gasteiger partial charge on any atom is 0.268 e. The molecule has 1 amide bonds. The molecule has 31 heavy (non-hydrogen) atoms. The summed E-state index contributed by atoms with van der Waals surface area (Å²) in [5.41, 5.74) is 19.5. The Bertz CT molecular complexity index is 1020. The zero-order valence-corrected chi connectivity index (χ0v) is 19.1. The van der Waals surface area contributed by atoms with E-state index in [4.69, 9.17) is 40.4 Å². The molecule has 2 fully saturated rings. The first-order chi connectivity index (χ1) is 14.7. The quantitative estimate of drug-likeness (QED) is 0.635. The van der Waals surface area contributed by atoms with Crippen LogP contribution in [0.25, 0.3) is 11.1 Å². The van der Waals surface area contributed by atoms with Gasteiger partial charge in [-0.2, -0.15) is 4.98 Å². The number of piperidine rings is 1. The molecule has 0 spiro atoms. The standard InChI is InChI=1S/C22H28Cl2N6O/c1-22-9-4-2-3-6-12(18(22)25)10-30(11-22)21-28-17(20(27)31)15(19(26)29-21)13-7-5-8-14(23)16(13)24/h5,7-8,12,18H,2-4,6,9-11,25H2,1H3,(H2,27,31)(H2,26,28,29)/t12?,18-,22-/m1/s1. The van der Waals surface area contributed by atoms with Crippen LogP contribution in [0.5, 0.6) is 0 Å². The van der Waals surface area contributed by atoms with Crippen molar-refractivity contribution in [3.8, 4) is 11.1 Å². The van der Waals surface area contributed by atoms with Crippen molar-refractivity contribution < 1.29 is 4.79 Å². The number of amides is 1. The minimum absolute atomic E-state index is 0.0342. The van der Waals surface area contributed by atoms with Crippen LogP contribution in [-0.4, -0.2) is 35.0 Å². The molecule has 9 heteroatoms. The summed E-state index contributed by atoms with van der Waals surface area (Å²) in [5, 5.41) is 0.615. The fourth-order valence-corrected chi connectivity index (χ4v) is 5.50. The molecule has 2 aliphatic rings. The van der Waals surface area contributed by atoms with E-state index in [0.717, 1.165) is 25.8 Å². The highest BCUT2D eigenvalue weighted by Crippen LogP contribution is 2.42. The minimum Gasteiger partial charge on any atom is -0.383 e. The van der Waals surface area contributed by atoms with Crippen LogP contribution in [0.1, 0.15) is 49.5 Å². The highest BCUT2D eigenvalue weighted by Gasteiger charge is 2.44. The summed E-state index contributed by atoms with van der Waals surface area (Å²) in [6, 6.07) is 5.22. The number of anilines is 2. The normalized spacial score (nSPS) is 26.3. The van der Waals surface area contributed by atoms with Gasteiger partial charge in [0.15, 0.2) is 0 Å². The Balaban J connectivity index is 1.78. The summed E-state index contributed by atoms with van der Waals surface area (Å²) in [6.45, 7) is 3.67. The van der Waals surface area contributed by atoms with Crippen LogP contribution in [0.3, 0.4) is 0 Å². The number of aromatic nitrogens is 2. The topological polar surface area (TPSA) is 124 Å².